The number of benzene rings is 4. The molecule has 36 heavy (non-hydrogen) atoms. The van der Waals surface area contributed by atoms with Crippen LogP contribution in [0.2, 0.25) is 0 Å². The number of hydrogen-bond acceptors (Lipinski definition) is 5. The van der Waals surface area contributed by atoms with E-state index >= 15 is 0 Å². The zero-order valence-corrected chi connectivity index (χ0v) is 20.3. The number of ether oxygens (including phenoxy) is 3. The lowest BCUT2D eigenvalue weighted by atomic mass is 9.96. The van der Waals surface area contributed by atoms with Gasteiger partial charge in [0, 0.05) is 17.5 Å². The molecule has 182 valence electrons. The Morgan fingerprint density at radius 1 is 0.583 bits per heavy atom. The summed E-state index contributed by atoms with van der Waals surface area (Å²) in [5.74, 6) is 1.25. The number of methoxy groups -OCH3 is 1. The van der Waals surface area contributed by atoms with Crippen LogP contribution in [-0.2, 0) is 0 Å². The molecule has 0 spiro atoms. The first-order chi connectivity index (χ1) is 17.5. The van der Waals surface area contributed by atoms with E-state index in [4.69, 9.17) is 14.2 Å². The molecule has 0 aliphatic rings. The highest BCUT2D eigenvalue weighted by atomic mass is 16.5. The van der Waals surface area contributed by atoms with E-state index in [0.29, 0.717) is 28.4 Å². The van der Waals surface area contributed by atoms with E-state index in [9.17, 15) is 9.59 Å². The lowest BCUT2D eigenvalue weighted by Crippen LogP contribution is -2.38. The molecule has 5 heteroatoms. The molecule has 0 bridgehead atoms. The Labute approximate surface area is 211 Å². The third-order valence-electron chi connectivity index (χ3n) is 5.77. The van der Waals surface area contributed by atoms with Gasteiger partial charge in [-0.1, -0.05) is 66.2 Å². The normalized spacial score (nSPS) is 12.3. The van der Waals surface area contributed by atoms with Crippen molar-refractivity contribution in [3.8, 4) is 17.2 Å². The summed E-state index contributed by atoms with van der Waals surface area (Å²) in [5, 5.41) is 0. The number of para-hydroxylation sites is 1. The third-order valence-corrected chi connectivity index (χ3v) is 5.77. The van der Waals surface area contributed by atoms with Gasteiger partial charge in [0.05, 0.1) is 7.11 Å². The molecule has 0 unspecified atom stereocenters. The van der Waals surface area contributed by atoms with Crippen molar-refractivity contribution in [2.24, 2.45) is 0 Å². The van der Waals surface area contributed by atoms with Crippen molar-refractivity contribution in [3.63, 3.8) is 0 Å². The Kier molecular flexibility index (Phi) is 8.14. The number of ketones is 2. The molecule has 0 heterocycles. The Balaban J connectivity index is 1.67. The average molecular weight is 481 g/mol. The Hall–Kier alpha value is -4.38. The molecule has 0 saturated heterocycles. The predicted molar refractivity (Wildman–Crippen MR) is 139 cm³/mol. The van der Waals surface area contributed by atoms with E-state index in [1.165, 1.54) is 0 Å². The first-order valence-corrected chi connectivity index (χ1v) is 11.8. The molecule has 0 aliphatic heterocycles. The third kappa shape index (κ3) is 6.39. The fraction of sp³-hybridized carbons (Fsp3) is 0.161. The van der Waals surface area contributed by atoms with Gasteiger partial charge in [0.15, 0.2) is 12.2 Å². The van der Waals surface area contributed by atoms with E-state index in [2.05, 4.69) is 0 Å². The highest BCUT2D eigenvalue weighted by Crippen LogP contribution is 2.23. The zero-order chi connectivity index (χ0) is 25.3. The summed E-state index contributed by atoms with van der Waals surface area (Å²) in [7, 11) is 1.57. The van der Waals surface area contributed by atoms with E-state index in [1.807, 2.05) is 55.5 Å². The van der Waals surface area contributed by atoms with Gasteiger partial charge in [-0.2, -0.15) is 0 Å². The Bertz CT molecular complexity index is 1270. The predicted octanol–water partition coefficient (Wildman–Crippen LogP) is 6.35. The molecule has 0 fully saturated rings. The van der Waals surface area contributed by atoms with Crippen LogP contribution in [0.25, 0.3) is 0 Å². The van der Waals surface area contributed by atoms with E-state index in [-0.39, 0.29) is 18.0 Å². The first kappa shape index (κ1) is 24.7. The van der Waals surface area contributed by atoms with E-state index < -0.39 is 12.2 Å². The van der Waals surface area contributed by atoms with E-state index in [0.717, 1.165) is 5.56 Å². The van der Waals surface area contributed by atoms with Crippen molar-refractivity contribution in [2.75, 3.05) is 7.11 Å². The largest absolute Gasteiger partial charge is 0.497 e. The van der Waals surface area contributed by atoms with Crippen LogP contribution in [-0.4, -0.2) is 30.9 Å². The van der Waals surface area contributed by atoms with Crippen LogP contribution in [0.4, 0.5) is 0 Å². The van der Waals surface area contributed by atoms with Gasteiger partial charge in [-0.3, -0.25) is 9.59 Å². The molecule has 5 nitrogen and oxygen atoms in total. The Morgan fingerprint density at radius 2 is 1.03 bits per heavy atom. The maximum Gasteiger partial charge on any atom is 0.203 e. The number of aryl methyl sites for hydroxylation is 1. The van der Waals surface area contributed by atoms with Crippen LogP contribution in [0.1, 0.15) is 32.7 Å². The van der Waals surface area contributed by atoms with Crippen molar-refractivity contribution in [1.29, 1.82) is 0 Å². The molecule has 0 radical (unpaired) electrons. The second-order valence-electron chi connectivity index (χ2n) is 8.40. The Morgan fingerprint density at radius 3 is 1.56 bits per heavy atom. The summed E-state index contributed by atoms with van der Waals surface area (Å²) in [5.41, 5.74) is 2.04. The fourth-order valence-corrected chi connectivity index (χ4v) is 3.79. The van der Waals surface area contributed by atoms with E-state index in [1.54, 1.807) is 67.8 Å². The van der Waals surface area contributed by atoms with Gasteiger partial charge in [-0.25, -0.2) is 0 Å². The SMILES string of the molecule is COc1ccc(C(=O)[C@H](C[C@@H](Oc2ccc(C)cc2)C(=O)c2ccccc2)Oc2ccccc2)cc1. The molecule has 0 amide bonds. The van der Waals surface area contributed by atoms with Gasteiger partial charge < -0.3 is 14.2 Å². The standard InChI is InChI=1S/C31H28O5/c1-22-13-17-27(18-14-22)36-28(30(32)23-9-5-3-6-10-23)21-29(35-26-11-7-4-8-12-26)31(33)24-15-19-25(34-2)20-16-24/h3-20,28-29H,21H2,1-2H3/t28-,29+/m1/s1. The molecule has 4 rings (SSSR count). The van der Waals surface area contributed by atoms with Gasteiger partial charge in [0.25, 0.3) is 0 Å². The lowest BCUT2D eigenvalue weighted by Gasteiger charge is -2.24. The molecule has 0 aromatic heterocycles. The minimum atomic E-state index is -0.955. The summed E-state index contributed by atoms with van der Waals surface area (Å²) in [6, 6.07) is 32.3. The number of hydrogen-bond donors (Lipinski definition) is 0. The number of carbonyl (C=O) groups is 2. The fourth-order valence-electron chi connectivity index (χ4n) is 3.79. The molecule has 0 aliphatic carbocycles. The second kappa shape index (κ2) is 11.8. The minimum absolute atomic E-state index is 0.0291. The van der Waals surface area contributed by atoms with Crippen LogP contribution >= 0.6 is 0 Å². The molecule has 4 aromatic carbocycles. The van der Waals surface area contributed by atoms with Crippen LogP contribution < -0.4 is 14.2 Å². The second-order valence-corrected chi connectivity index (χ2v) is 8.40. The quantitative estimate of drug-likeness (QED) is 0.234. The number of Topliss-reactive ketones (excluding diaryl/α,β-unsaturated/α-hetero) is 2. The smallest absolute Gasteiger partial charge is 0.203 e. The van der Waals surface area contributed by atoms with Gasteiger partial charge in [-0.15, -0.1) is 0 Å². The summed E-state index contributed by atoms with van der Waals surface area (Å²) in [6.07, 6.45) is -1.86. The molecule has 0 saturated carbocycles. The van der Waals surface area contributed by atoms with Crippen molar-refractivity contribution in [3.05, 3.63) is 126 Å². The average Bonchev–Trinajstić information content (AvgIpc) is 2.93. The molecule has 4 aromatic rings. The van der Waals surface area contributed by atoms with Gasteiger partial charge >= 0.3 is 0 Å². The monoisotopic (exact) mass is 480 g/mol. The van der Waals surface area contributed by atoms with Crippen molar-refractivity contribution in [1.82, 2.24) is 0 Å². The minimum Gasteiger partial charge on any atom is -0.497 e. The van der Waals surface area contributed by atoms with Crippen LogP contribution in [0.5, 0.6) is 17.2 Å². The van der Waals surface area contributed by atoms with Crippen LogP contribution in [0, 0.1) is 6.92 Å². The molecule has 2 atom stereocenters. The van der Waals surface area contributed by atoms with Gasteiger partial charge in [0.2, 0.25) is 11.6 Å². The summed E-state index contributed by atoms with van der Waals surface area (Å²) in [4.78, 5) is 27.1. The van der Waals surface area contributed by atoms with Crippen molar-refractivity contribution < 1.29 is 23.8 Å². The topological polar surface area (TPSA) is 61.8 Å². The first-order valence-electron chi connectivity index (χ1n) is 11.8. The maximum atomic E-state index is 13.6. The van der Waals surface area contributed by atoms with Gasteiger partial charge in [-0.05, 0) is 55.5 Å². The molecule has 0 N–H and O–H groups in total. The van der Waals surface area contributed by atoms with Gasteiger partial charge in [0.1, 0.15) is 17.2 Å². The van der Waals surface area contributed by atoms with Crippen molar-refractivity contribution in [2.45, 2.75) is 25.6 Å². The van der Waals surface area contributed by atoms with Crippen LogP contribution in [0.3, 0.4) is 0 Å². The molecular formula is C31H28O5. The summed E-state index contributed by atoms with van der Waals surface area (Å²) in [6.45, 7) is 1.98. The van der Waals surface area contributed by atoms with Crippen LogP contribution in [0.15, 0.2) is 109 Å². The van der Waals surface area contributed by atoms with Crippen molar-refractivity contribution >= 4 is 11.6 Å². The summed E-state index contributed by atoms with van der Waals surface area (Å²) < 4.78 is 17.5. The number of carbonyl (C=O) groups excluding carboxylic acids is 2. The number of rotatable bonds is 11. The highest BCUT2D eigenvalue weighted by Gasteiger charge is 2.32. The lowest BCUT2D eigenvalue weighted by molar-refractivity contribution is 0.0588. The molecular weight excluding hydrogens is 452 g/mol. The maximum absolute atomic E-state index is 13.6. The highest BCUT2D eigenvalue weighted by molar-refractivity contribution is 6.02. The zero-order valence-electron chi connectivity index (χ0n) is 20.3. The summed E-state index contributed by atoms with van der Waals surface area (Å²) >= 11 is 0.